The minimum atomic E-state index is -0.0603. The lowest BCUT2D eigenvalue weighted by Gasteiger charge is -2.35. The molecule has 1 aliphatic rings. The summed E-state index contributed by atoms with van der Waals surface area (Å²) in [6.07, 6.45) is 0. The number of amides is 1. The molecule has 6 nitrogen and oxygen atoms in total. The molecule has 3 rings (SSSR count). The molecular weight excluding hydrogens is 390 g/mol. The zero-order valence-electron chi connectivity index (χ0n) is 16.7. The van der Waals surface area contributed by atoms with E-state index >= 15 is 0 Å². The summed E-state index contributed by atoms with van der Waals surface area (Å²) in [7, 11) is 0. The van der Waals surface area contributed by atoms with Gasteiger partial charge >= 0.3 is 0 Å². The van der Waals surface area contributed by atoms with Gasteiger partial charge in [0.15, 0.2) is 11.6 Å². The van der Waals surface area contributed by atoms with Crippen LogP contribution in [0.25, 0.3) is 0 Å². The highest BCUT2D eigenvalue weighted by Gasteiger charge is 2.19. The van der Waals surface area contributed by atoms with Crippen LogP contribution in [0.15, 0.2) is 48.5 Å². The van der Waals surface area contributed by atoms with E-state index in [-0.39, 0.29) is 29.9 Å². The first-order valence-electron chi connectivity index (χ1n) is 9.41. The van der Waals surface area contributed by atoms with Crippen LogP contribution in [0.4, 0.5) is 11.4 Å². The molecule has 29 heavy (non-hydrogen) atoms. The Morgan fingerprint density at radius 2 is 1.28 bits per heavy atom. The minimum absolute atomic E-state index is 0. The Labute approximate surface area is 177 Å². The lowest BCUT2D eigenvalue weighted by molar-refractivity contribution is -0.117. The van der Waals surface area contributed by atoms with Crippen LogP contribution >= 0.6 is 12.4 Å². The summed E-state index contributed by atoms with van der Waals surface area (Å²) in [6, 6.07) is 14.6. The van der Waals surface area contributed by atoms with Crippen molar-refractivity contribution in [3.63, 3.8) is 0 Å². The molecule has 0 aliphatic carbocycles. The van der Waals surface area contributed by atoms with Gasteiger partial charge in [0.1, 0.15) is 0 Å². The number of nitrogens with zero attached hydrogens (tertiary/aromatic N) is 2. The smallest absolute Gasteiger partial charge is 0.238 e. The molecule has 0 aromatic heterocycles. The first kappa shape index (κ1) is 22.6. The highest BCUT2D eigenvalue weighted by molar-refractivity contribution is 5.96. The molecule has 154 valence electrons. The van der Waals surface area contributed by atoms with E-state index in [2.05, 4.69) is 15.1 Å². The van der Waals surface area contributed by atoms with Crippen molar-refractivity contribution in [2.45, 2.75) is 13.8 Å². The third-order valence-electron chi connectivity index (χ3n) is 4.95. The normalized spacial score (nSPS) is 14.1. The summed E-state index contributed by atoms with van der Waals surface area (Å²) in [5, 5.41) is 2.88. The average molecular weight is 416 g/mol. The topological polar surface area (TPSA) is 69.7 Å². The van der Waals surface area contributed by atoms with Crippen molar-refractivity contribution in [1.29, 1.82) is 0 Å². The van der Waals surface area contributed by atoms with Crippen LogP contribution in [0, 0.1) is 0 Å². The van der Waals surface area contributed by atoms with E-state index in [0.29, 0.717) is 17.8 Å². The molecule has 1 aliphatic heterocycles. The molecule has 0 radical (unpaired) electrons. The predicted octanol–water partition coefficient (Wildman–Crippen LogP) is 3.27. The van der Waals surface area contributed by atoms with E-state index in [4.69, 9.17) is 0 Å². The van der Waals surface area contributed by atoms with Gasteiger partial charge < -0.3 is 10.2 Å². The molecule has 0 atom stereocenters. The van der Waals surface area contributed by atoms with Gasteiger partial charge in [-0.25, -0.2) is 0 Å². The van der Waals surface area contributed by atoms with Crippen LogP contribution in [0.3, 0.4) is 0 Å². The quantitative estimate of drug-likeness (QED) is 0.733. The average Bonchev–Trinajstić information content (AvgIpc) is 2.69. The van der Waals surface area contributed by atoms with Crippen LogP contribution in [0.5, 0.6) is 0 Å². The Kier molecular flexibility index (Phi) is 7.93. The van der Waals surface area contributed by atoms with Gasteiger partial charge in [0.05, 0.1) is 6.54 Å². The van der Waals surface area contributed by atoms with Gasteiger partial charge in [0, 0.05) is 48.7 Å². The monoisotopic (exact) mass is 415 g/mol. The molecule has 0 bridgehead atoms. The molecule has 7 heteroatoms. The van der Waals surface area contributed by atoms with Gasteiger partial charge in [-0.2, -0.15) is 0 Å². The van der Waals surface area contributed by atoms with Gasteiger partial charge in [0.2, 0.25) is 5.91 Å². The minimum Gasteiger partial charge on any atom is -0.369 e. The van der Waals surface area contributed by atoms with E-state index < -0.39 is 0 Å². The maximum atomic E-state index is 12.3. The number of hydrogen-bond donors (Lipinski definition) is 1. The molecule has 1 saturated heterocycles. The molecular formula is C22H26ClN3O3. The summed E-state index contributed by atoms with van der Waals surface area (Å²) < 4.78 is 0. The van der Waals surface area contributed by atoms with Crippen molar-refractivity contribution in [1.82, 2.24) is 4.90 Å². The standard InChI is InChI=1S/C22H25N3O3.ClH/c1-16(26)18-3-7-20(8-4-18)23-22(28)15-24-11-13-25(14-12-24)21-9-5-19(6-10-21)17(2)27;/h3-10H,11-15H2,1-2H3,(H,23,28);1H. The van der Waals surface area contributed by atoms with E-state index in [9.17, 15) is 14.4 Å². The summed E-state index contributed by atoms with van der Waals surface area (Å²) in [6.45, 7) is 6.68. The molecule has 1 amide bonds. The fraction of sp³-hybridized carbons (Fsp3) is 0.318. The van der Waals surface area contributed by atoms with E-state index in [1.807, 2.05) is 24.3 Å². The van der Waals surface area contributed by atoms with Crippen molar-refractivity contribution in [3.8, 4) is 0 Å². The number of ketones is 2. The Bertz CT molecular complexity index is 858. The number of Topliss-reactive ketones (excluding diaryl/α,β-unsaturated/α-hetero) is 2. The van der Waals surface area contributed by atoms with Gasteiger partial charge in [-0.1, -0.05) is 0 Å². The van der Waals surface area contributed by atoms with Crippen molar-refractivity contribution < 1.29 is 14.4 Å². The lowest BCUT2D eigenvalue weighted by Crippen LogP contribution is -2.48. The van der Waals surface area contributed by atoms with Gasteiger partial charge in [0.25, 0.3) is 0 Å². The second-order valence-corrected chi connectivity index (χ2v) is 7.05. The molecule has 1 heterocycles. The first-order chi connectivity index (χ1) is 13.4. The molecule has 1 fully saturated rings. The molecule has 2 aromatic rings. The first-order valence-corrected chi connectivity index (χ1v) is 9.41. The highest BCUT2D eigenvalue weighted by atomic mass is 35.5. The number of anilines is 2. The van der Waals surface area contributed by atoms with Crippen molar-refractivity contribution in [2.75, 3.05) is 42.9 Å². The van der Waals surface area contributed by atoms with Crippen LogP contribution in [0.1, 0.15) is 34.6 Å². The number of benzene rings is 2. The van der Waals surface area contributed by atoms with Gasteiger partial charge in [-0.05, 0) is 62.4 Å². The molecule has 0 saturated carbocycles. The summed E-state index contributed by atoms with van der Waals surface area (Å²) in [5.41, 5.74) is 3.14. The Hall–Kier alpha value is -2.70. The summed E-state index contributed by atoms with van der Waals surface area (Å²) >= 11 is 0. The van der Waals surface area contributed by atoms with Crippen LogP contribution in [-0.4, -0.2) is 55.1 Å². The number of carbonyl (C=O) groups excluding carboxylic acids is 3. The third kappa shape index (κ3) is 6.14. The third-order valence-corrected chi connectivity index (χ3v) is 4.95. The van der Waals surface area contributed by atoms with Gasteiger partial charge in [-0.15, -0.1) is 12.4 Å². The fourth-order valence-electron chi connectivity index (χ4n) is 3.26. The molecule has 2 aromatic carbocycles. The highest BCUT2D eigenvalue weighted by Crippen LogP contribution is 2.18. The Morgan fingerprint density at radius 3 is 1.76 bits per heavy atom. The maximum Gasteiger partial charge on any atom is 0.238 e. The molecule has 0 unspecified atom stereocenters. The van der Waals surface area contributed by atoms with Crippen LogP contribution in [-0.2, 0) is 4.79 Å². The molecule has 0 spiro atoms. The van der Waals surface area contributed by atoms with Crippen molar-refractivity contribution >= 4 is 41.3 Å². The fourth-order valence-corrected chi connectivity index (χ4v) is 3.26. The summed E-state index contributed by atoms with van der Waals surface area (Å²) in [4.78, 5) is 39.4. The van der Waals surface area contributed by atoms with Crippen molar-refractivity contribution in [2.24, 2.45) is 0 Å². The van der Waals surface area contributed by atoms with Crippen molar-refractivity contribution in [3.05, 3.63) is 59.7 Å². The Balaban J connectivity index is 0.00000300. The van der Waals surface area contributed by atoms with E-state index in [0.717, 1.165) is 37.4 Å². The largest absolute Gasteiger partial charge is 0.369 e. The number of nitrogens with one attached hydrogen (secondary N) is 1. The number of piperazine rings is 1. The number of rotatable bonds is 6. The van der Waals surface area contributed by atoms with Crippen LogP contribution in [0.2, 0.25) is 0 Å². The SMILES string of the molecule is CC(=O)c1ccc(NC(=O)CN2CCN(c3ccc(C(C)=O)cc3)CC2)cc1.Cl. The van der Waals surface area contributed by atoms with Gasteiger partial charge in [-0.3, -0.25) is 19.3 Å². The maximum absolute atomic E-state index is 12.3. The predicted molar refractivity (Wildman–Crippen MR) is 117 cm³/mol. The zero-order chi connectivity index (χ0) is 20.1. The lowest BCUT2D eigenvalue weighted by atomic mass is 10.1. The van der Waals surface area contributed by atoms with Crippen LogP contribution < -0.4 is 10.2 Å². The number of halogens is 1. The molecule has 1 N–H and O–H groups in total. The number of carbonyl (C=O) groups is 3. The van der Waals surface area contributed by atoms with E-state index in [1.165, 1.54) is 6.92 Å². The summed E-state index contributed by atoms with van der Waals surface area (Å²) in [5.74, 6) is 0.0137. The van der Waals surface area contributed by atoms with E-state index in [1.54, 1.807) is 31.2 Å². The number of hydrogen-bond acceptors (Lipinski definition) is 5. The Morgan fingerprint density at radius 1 is 0.793 bits per heavy atom. The second-order valence-electron chi connectivity index (χ2n) is 7.05. The second kappa shape index (κ2) is 10.2. The zero-order valence-corrected chi connectivity index (χ0v) is 17.5.